The summed E-state index contributed by atoms with van der Waals surface area (Å²) < 4.78 is 0.892. The molecule has 1 N–H and O–H groups in total. The van der Waals surface area contributed by atoms with Gasteiger partial charge in [0.05, 0.1) is 6.54 Å². The van der Waals surface area contributed by atoms with Gasteiger partial charge in [-0.15, -0.1) is 0 Å². The van der Waals surface area contributed by atoms with E-state index in [9.17, 15) is 9.59 Å². The van der Waals surface area contributed by atoms with E-state index in [0.717, 1.165) is 22.0 Å². The molecule has 1 fully saturated rings. The standard InChI is InChI=1S/C19H19BrN2O2/c1-19(12-11-14-7-3-2-4-8-14)17(23)22(18(24)21-19)13-15-9-5-6-10-16(15)20/h2-10H,11-13H2,1H3,(H,21,24)/t19-/m1/s1. The molecule has 2 aromatic carbocycles. The van der Waals surface area contributed by atoms with E-state index in [-0.39, 0.29) is 18.5 Å². The van der Waals surface area contributed by atoms with Gasteiger partial charge in [0.1, 0.15) is 5.54 Å². The summed E-state index contributed by atoms with van der Waals surface area (Å²) in [5.74, 6) is -0.167. The van der Waals surface area contributed by atoms with Crippen molar-refractivity contribution in [1.29, 1.82) is 0 Å². The van der Waals surface area contributed by atoms with Crippen molar-refractivity contribution in [2.45, 2.75) is 31.8 Å². The third-order valence-electron chi connectivity index (χ3n) is 4.39. The molecule has 1 saturated heterocycles. The Hall–Kier alpha value is -2.14. The van der Waals surface area contributed by atoms with Crippen LogP contribution in [0.2, 0.25) is 0 Å². The fraction of sp³-hybridized carbons (Fsp3) is 0.263. The number of carbonyl (C=O) groups is 2. The van der Waals surface area contributed by atoms with E-state index in [1.807, 2.05) is 54.6 Å². The number of hydrogen-bond acceptors (Lipinski definition) is 2. The number of benzene rings is 2. The second-order valence-electron chi connectivity index (χ2n) is 6.23. The molecule has 0 radical (unpaired) electrons. The van der Waals surface area contributed by atoms with Crippen molar-refractivity contribution >= 4 is 27.9 Å². The number of nitrogens with one attached hydrogen (secondary N) is 1. The number of hydrogen-bond donors (Lipinski definition) is 1. The summed E-state index contributed by atoms with van der Waals surface area (Å²) in [6.07, 6.45) is 1.32. The molecule has 3 amide bonds. The minimum absolute atomic E-state index is 0.167. The van der Waals surface area contributed by atoms with Crippen LogP contribution >= 0.6 is 15.9 Å². The lowest BCUT2D eigenvalue weighted by Crippen LogP contribution is -2.44. The van der Waals surface area contributed by atoms with Crippen molar-refractivity contribution in [2.24, 2.45) is 0 Å². The molecule has 0 bridgehead atoms. The highest BCUT2D eigenvalue weighted by Crippen LogP contribution is 2.26. The minimum Gasteiger partial charge on any atom is -0.323 e. The van der Waals surface area contributed by atoms with E-state index >= 15 is 0 Å². The van der Waals surface area contributed by atoms with Crippen LogP contribution in [0.1, 0.15) is 24.5 Å². The average Bonchev–Trinajstić information content (AvgIpc) is 2.80. The maximum absolute atomic E-state index is 12.8. The van der Waals surface area contributed by atoms with Gasteiger partial charge in [0.15, 0.2) is 0 Å². The lowest BCUT2D eigenvalue weighted by Gasteiger charge is -2.22. The zero-order valence-corrected chi connectivity index (χ0v) is 15.0. The van der Waals surface area contributed by atoms with Gasteiger partial charge in [-0.1, -0.05) is 64.5 Å². The van der Waals surface area contributed by atoms with Gasteiger partial charge >= 0.3 is 6.03 Å². The maximum atomic E-state index is 12.8. The minimum atomic E-state index is -0.853. The number of halogens is 1. The molecular formula is C19H19BrN2O2. The molecule has 0 spiro atoms. The first-order valence-electron chi connectivity index (χ1n) is 7.91. The van der Waals surface area contributed by atoms with Crippen LogP contribution in [-0.2, 0) is 17.8 Å². The molecule has 0 aliphatic carbocycles. The number of amides is 3. The first kappa shape index (κ1) is 16.7. The van der Waals surface area contributed by atoms with E-state index in [1.54, 1.807) is 6.92 Å². The highest BCUT2D eigenvalue weighted by molar-refractivity contribution is 9.10. The van der Waals surface area contributed by atoms with Crippen LogP contribution in [0.5, 0.6) is 0 Å². The Morgan fingerprint density at radius 1 is 1.04 bits per heavy atom. The van der Waals surface area contributed by atoms with Gasteiger partial charge in [-0.05, 0) is 37.0 Å². The SMILES string of the molecule is C[C@]1(CCc2ccccc2)NC(=O)N(Cc2ccccc2Br)C1=O. The van der Waals surface area contributed by atoms with Crippen molar-refractivity contribution in [1.82, 2.24) is 10.2 Å². The van der Waals surface area contributed by atoms with Crippen LogP contribution in [0.15, 0.2) is 59.1 Å². The van der Waals surface area contributed by atoms with Crippen LogP contribution < -0.4 is 5.32 Å². The fourth-order valence-corrected chi connectivity index (χ4v) is 3.31. The van der Waals surface area contributed by atoms with E-state index in [4.69, 9.17) is 0 Å². The van der Waals surface area contributed by atoms with Gasteiger partial charge < -0.3 is 5.32 Å². The summed E-state index contributed by atoms with van der Waals surface area (Å²) in [5, 5.41) is 2.86. The van der Waals surface area contributed by atoms with Crippen LogP contribution in [0.25, 0.3) is 0 Å². The van der Waals surface area contributed by atoms with Gasteiger partial charge in [0, 0.05) is 4.47 Å². The highest BCUT2D eigenvalue weighted by atomic mass is 79.9. The lowest BCUT2D eigenvalue weighted by atomic mass is 9.93. The molecule has 0 aromatic heterocycles. The lowest BCUT2D eigenvalue weighted by molar-refractivity contribution is -0.131. The summed E-state index contributed by atoms with van der Waals surface area (Å²) in [6.45, 7) is 2.07. The molecule has 1 heterocycles. The van der Waals surface area contributed by atoms with E-state index in [2.05, 4.69) is 21.2 Å². The van der Waals surface area contributed by atoms with Gasteiger partial charge in [0.2, 0.25) is 0 Å². The topological polar surface area (TPSA) is 49.4 Å². The van der Waals surface area contributed by atoms with E-state index in [1.165, 1.54) is 4.90 Å². The first-order chi connectivity index (χ1) is 11.5. The summed E-state index contributed by atoms with van der Waals surface area (Å²) >= 11 is 3.46. The highest BCUT2D eigenvalue weighted by Gasteiger charge is 2.47. The number of aryl methyl sites for hydroxylation is 1. The second-order valence-corrected chi connectivity index (χ2v) is 7.08. The van der Waals surface area contributed by atoms with Gasteiger partial charge in [0.25, 0.3) is 5.91 Å². The molecule has 1 aliphatic heterocycles. The Morgan fingerprint density at radius 3 is 2.42 bits per heavy atom. The molecule has 5 heteroatoms. The third-order valence-corrected chi connectivity index (χ3v) is 5.16. The Kier molecular flexibility index (Phi) is 4.71. The fourth-order valence-electron chi connectivity index (χ4n) is 2.90. The Bertz CT molecular complexity index is 763. The van der Waals surface area contributed by atoms with Crippen LogP contribution in [0.3, 0.4) is 0 Å². The summed E-state index contributed by atoms with van der Waals surface area (Å²) in [7, 11) is 0. The number of nitrogens with zero attached hydrogens (tertiary/aromatic N) is 1. The molecule has 0 unspecified atom stereocenters. The molecule has 24 heavy (non-hydrogen) atoms. The van der Waals surface area contributed by atoms with Crippen LogP contribution in [-0.4, -0.2) is 22.4 Å². The predicted octanol–water partition coefficient (Wildman–Crippen LogP) is 3.89. The number of imide groups is 1. The van der Waals surface area contributed by atoms with Crippen molar-refractivity contribution in [3.63, 3.8) is 0 Å². The average molecular weight is 387 g/mol. The molecule has 4 nitrogen and oxygen atoms in total. The summed E-state index contributed by atoms with van der Waals surface area (Å²) in [5.41, 5.74) is 1.21. The molecule has 0 saturated carbocycles. The quantitative estimate of drug-likeness (QED) is 0.792. The van der Waals surface area contributed by atoms with E-state index in [0.29, 0.717) is 6.42 Å². The van der Waals surface area contributed by atoms with Crippen molar-refractivity contribution in [3.05, 3.63) is 70.2 Å². The smallest absolute Gasteiger partial charge is 0.323 e. The largest absolute Gasteiger partial charge is 0.325 e. The monoisotopic (exact) mass is 386 g/mol. The number of urea groups is 1. The Morgan fingerprint density at radius 2 is 1.71 bits per heavy atom. The number of rotatable bonds is 5. The predicted molar refractivity (Wildman–Crippen MR) is 96.4 cm³/mol. The summed E-state index contributed by atoms with van der Waals surface area (Å²) in [4.78, 5) is 26.4. The van der Waals surface area contributed by atoms with Gasteiger partial charge in [-0.2, -0.15) is 0 Å². The van der Waals surface area contributed by atoms with Crippen molar-refractivity contribution < 1.29 is 9.59 Å². The Balaban J connectivity index is 1.72. The van der Waals surface area contributed by atoms with Gasteiger partial charge in [-0.25, -0.2) is 4.79 Å². The molecular weight excluding hydrogens is 368 g/mol. The number of carbonyl (C=O) groups excluding carboxylic acids is 2. The van der Waals surface area contributed by atoms with Crippen LogP contribution in [0.4, 0.5) is 4.79 Å². The molecule has 124 valence electrons. The normalized spacial score (nSPS) is 20.3. The summed E-state index contributed by atoms with van der Waals surface area (Å²) in [6, 6.07) is 17.3. The zero-order valence-electron chi connectivity index (χ0n) is 13.5. The maximum Gasteiger partial charge on any atom is 0.325 e. The zero-order chi connectivity index (χ0) is 17.2. The van der Waals surface area contributed by atoms with E-state index < -0.39 is 5.54 Å². The molecule has 3 rings (SSSR count). The van der Waals surface area contributed by atoms with Crippen molar-refractivity contribution in [2.75, 3.05) is 0 Å². The van der Waals surface area contributed by atoms with Crippen LogP contribution in [0, 0.1) is 0 Å². The molecule has 1 aliphatic rings. The molecule has 1 atom stereocenters. The molecule has 2 aromatic rings. The van der Waals surface area contributed by atoms with Gasteiger partial charge in [-0.3, -0.25) is 9.69 Å². The third kappa shape index (κ3) is 3.36. The second kappa shape index (κ2) is 6.77. The Labute approximate surface area is 150 Å². The van der Waals surface area contributed by atoms with Crippen molar-refractivity contribution in [3.8, 4) is 0 Å². The first-order valence-corrected chi connectivity index (χ1v) is 8.70.